The molecule has 0 aromatic heterocycles. The van der Waals surface area contributed by atoms with Gasteiger partial charge in [-0.15, -0.1) is 0 Å². The van der Waals surface area contributed by atoms with Crippen molar-refractivity contribution in [3.63, 3.8) is 0 Å². The average Bonchev–Trinajstić information content (AvgIpc) is 2.73. The van der Waals surface area contributed by atoms with Crippen molar-refractivity contribution in [2.45, 2.75) is 72.5 Å². The number of carbonyl (C=O) groups excluding carboxylic acids is 2. The Hall–Kier alpha value is -2.87. The molecule has 0 unspecified atom stereocenters. The summed E-state index contributed by atoms with van der Waals surface area (Å²) in [6.07, 6.45) is 1.62. The second kappa shape index (κ2) is 11.7. The van der Waals surface area contributed by atoms with Gasteiger partial charge in [0.1, 0.15) is 6.04 Å². The van der Waals surface area contributed by atoms with Gasteiger partial charge in [0.15, 0.2) is 0 Å². The Bertz CT molecular complexity index is 1140. The predicted molar refractivity (Wildman–Crippen MR) is 142 cm³/mol. The van der Waals surface area contributed by atoms with Gasteiger partial charge in [0, 0.05) is 25.0 Å². The average molecular weight is 502 g/mol. The van der Waals surface area contributed by atoms with E-state index in [4.69, 9.17) is 0 Å². The zero-order chi connectivity index (χ0) is 26.4. The molecule has 0 spiro atoms. The van der Waals surface area contributed by atoms with Crippen LogP contribution in [-0.4, -0.2) is 49.5 Å². The zero-order valence-corrected chi connectivity index (χ0v) is 22.8. The van der Waals surface area contributed by atoms with Crippen molar-refractivity contribution in [2.75, 3.05) is 17.1 Å². The van der Waals surface area contributed by atoms with Gasteiger partial charge in [-0.3, -0.25) is 13.9 Å². The smallest absolute Gasteiger partial charge is 0.242 e. The normalized spacial score (nSPS) is 12.7. The molecule has 0 radical (unpaired) electrons. The van der Waals surface area contributed by atoms with Gasteiger partial charge in [0.25, 0.3) is 0 Å². The fourth-order valence-corrected chi connectivity index (χ4v) is 4.91. The highest BCUT2D eigenvalue weighted by Gasteiger charge is 2.28. The summed E-state index contributed by atoms with van der Waals surface area (Å²) in [6, 6.07) is 14.4. The molecule has 192 valence electrons. The Kier molecular flexibility index (Phi) is 9.49. The monoisotopic (exact) mass is 501 g/mol. The van der Waals surface area contributed by atoms with Crippen LogP contribution in [-0.2, 0) is 26.2 Å². The van der Waals surface area contributed by atoms with Crippen LogP contribution >= 0.6 is 0 Å². The van der Waals surface area contributed by atoms with E-state index in [9.17, 15) is 18.0 Å². The van der Waals surface area contributed by atoms with Crippen LogP contribution in [0.15, 0.2) is 48.5 Å². The molecule has 0 heterocycles. The second-order valence-electron chi connectivity index (χ2n) is 10.2. The van der Waals surface area contributed by atoms with Crippen molar-refractivity contribution in [1.82, 2.24) is 10.2 Å². The van der Waals surface area contributed by atoms with Crippen LogP contribution in [0.3, 0.4) is 0 Å². The lowest BCUT2D eigenvalue weighted by molar-refractivity contribution is -0.141. The number of nitrogens with zero attached hydrogens (tertiary/aromatic N) is 2. The maximum Gasteiger partial charge on any atom is 0.242 e. The Balaban J connectivity index is 2.20. The minimum Gasteiger partial charge on any atom is -0.350 e. The van der Waals surface area contributed by atoms with Crippen molar-refractivity contribution in [2.24, 2.45) is 0 Å². The first-order valence-electron chi connectivity index (χ1n) is 11.9. The first-order chi connectivity index (χ1) is 16.2. The van der Waals surface area contributed by atoms with E-state index in [0.29, 0.717) is 18.7 Å². The first-order valence-corrected chi connectivity index (χ1v) is 13.7. The van der Waals surface area contributed by atoms with Crippen LogP contribution in [0, 0.1) is 13.8 Å². The molecule has 0 saturated carbocycles. The lowest BCUT2D eigenvalue weighted by atomic mass is 10.1. The molecule has 0 bridgehead atoms. The fraction of sp³-hybridized carbons (Fsp3) is 0.481. The Morgan fingerprint density at radius 3 is 2.26 bits per heavy atom. The third-order valence-electron chi connectivity index (χ3n) is 5.64. The van der Waals surface area contributed by atoms with Crippen LogP contribution < -0.4 is 9.62 Å². The highest BCUT2D eigenvalue weighted by atomic mass is 32.2. The molecular weight excluding hydrogens is 462 g/mol. The Morgan fingerprint density at radius 1 is 1.03 bits per heavy atom. The maximum absolute atomic E-state index is 13.4. The molecule has 0 aliphatic rings. The van der Waals surface area contributed by atoms with Crippen molar-refractivity contribution < 1.29 is 18.0 Å². The topological polar surface area (TPSA) is 86.8 Å². The van der Waals surface area contributed by atoms with Gasteiger partial charge < -0.3 is 10.2 Å². The number of rotatable bonds is 10. The summed E-state index contributed by atoms with van der Waals surface area (Å²) in [7, 11) is -3.52. The number of hydrogen-bond acceptors (Lipinski definition) is 4. The minimum absolute atomic E-state index is 0.122. The van der Waals surface area contributed by atoms with E-state index in [1.807, 2.05) is 71.0 Å². The molecule has 8 heteroatoms. The summed E-state index contributed by atoms with van der Waals surface area (Å²) in [5.41, 5.74) is 3.04. The van der Waals surface area contributed by atoms with Gasteiger partial charge in [-0.1, -0.05) is 48.0 Å². The highest BCUT2D eigenvalue weighted by molar-refractivity contribution is 7.92. The molecule has 0 aliphatic heterocycles. The van der Waals surface area contributed by atoms with Crippen LogP contribution in [0.4, 0.5) is 5.69 Å². The van der Waals surface area contributed by atoms with E-state index in [2.05, 4.69) is 5.32 Å². The van der Waals surface area contributed by atoms with Crippen molar-refractivity contribution >= 4 is 27.5 Å². The summed E-state index contributed by atoms with van der Waals surface area (Å²) in [4.78, 5) is 27.8. The van der Waals surface area contributed by atoms with E-state index in [0.717, 1.165) is 16.7 Å². The maximum atomic E-state index is 13.4. The molecule has 0 saturated heterocycles. The third kappa shape index (κ3) is 8.69. The quantitative estimate of drug-likeness (QED) is 0.529. The summed E-state index contributed by atoms with van der Waals surface area (Å²) in [5, 5.41) is 2.95. The summed E-state index contributed by atoms with van der Waals surface area (Å²) < 4.78 is 26.3. The third-order valence-corrected chi connectivity index (χ3v) is 6.82. The number of hydrogen-bond donors (Lipinski definition) is 1. The van der Waals surface area contributed by atoms with Gasteiger partial charge in [0.2, 0.25) is 21.8 Å². The lowest BCUT2D eigenvalue weighted by Gasteiger charge is -2.32. The van der Waals surface area contributed by atoms with Crippen molar-refractivity contribution in [3.05, 3.63) is 65.2 Å². The van der Waals surface area contributed by atoms with Crippen LogP contribution in [0.2, 0.25) is 0 Å². The molecule has 0 fully saturated rings. The van der Waals surface area contributed by atoms with E-state index < -0.39 is 21.6 Å². The van der Waals surface area contributed by atoms with Gasteiger partial charge in [-0.05, 0) is 65.2 Å². The van der Waals surface area contributed by atoms with E-state index in [1.54, 1.807) is 24.0 Å². The molecule has 7 nitrogen and oxygen atoms in total. The SMILES string of the molecule is Cc1cccc(CN(C(=O)CCCN(c2ccccc2C)S(C)(=O)=O)[C@H](C)C(=O)NC(C)(C)C)c1. The Morgan fingerprint density at radius 2 is 1.69 bits per heavy atom. The molecule has 2 amide bonds. The number of aryl methyl sites for hydroxylation is 2. The van der Waals surface area contributed by atoms with Gasteiger partial charge in [0.05, 0.1) is 11.9 Å². The fourth-order valence-electron chi connectivity index (χ4n) is 3.89. The van der Waals surface area contributed by atoms with E-state index in [1.165, 1.54) is 10.6 Å². The standard InChI is InChI=1S/C27H39N3O4S/c1-20-12-10-14-23(18-20)19-29(22(3)26(32)28-27(4,5)6)25(31)16-11-17-30(35(7,33)34)24-15-9-8-13-21(24)2/h8-10,12-15,18,22H,11,16-17,19H2,1-7H3,(H,28,32)/t22-/m1/s1. The number of para-hydroxylation sites is 1. The highest BCUT2D eigenvalue weighted by Crippen LogP contribution is 2.23. The molecule has 2 rings (SSSR count). The van der Waals surface area contributed by atoms with Gasteiger partial charge in [-0.2, -0.15) is 0 Å². The van der Waals surface area contributed by atoms with Crippen LogP contribution in [0.5, 0.6) is 0 Å². The molecule has 0 aliphatic carbocycles. The van der Waals surface area contributed by atoms with Crippen molar-refractivity contribution in [1.29, 1.82) is 0 Å². The largest absolute Gasteiger partial charge is 0.350 e. The number of amides is 2. The predicted octanol–water partition coefficient (Wildman–Crippen LogP) is 4.18. The number of sulfonamides is 1. The molecule has 2 aromatic carbocycles. The van der Waals surface area contributed by atoms with E-state index in [-0.39, 0.29) is 24.8 Å². The van der Waals surface area contributed by atoms with Crippen LogP contribution in [0.25, 0.3) is 0 Å². The van der Waals surface area contributed by atoms with E-state index >= 15 is 0 Å². The number of carbonyl (C=O) groups is 2. The van der Waals surface area contributed by atoms with Crippen LogP contribution in [0.1, 0.15) is 57.2 Å². The molecule has 2 aromatic rings. The molecule has 1 atom stereocenters. The number of nitrogens with one attached hydrogen (secondary N) is 1. The minimum atomic E-state index is -3.52. The molecule has 1 N–H and O–H groups in total. The van der Waals surface area contributed by atoms with Gasteiger partial charge in [-0.25, -0.2) is 8.42 Å². The Labute approximate surface area is 210 Å². The molecular formula is C27H39N3O4S. The summed E-state index contributed by atoms with van der Waals surface area (Å²) in [6.45, 7) is 11.7. The molecule has 35 heavy (non-hydrogen) atoms. The zero-order valence-electron chi connectivity index (χ0n) is 22.0. The summed E-state index contributed by atoms with van der Waals surface area (Å²) >= 11 is 0. The lowest BCUT2D eigenvalue weighted by Crippen LogP contribution is -2.52. The van der Waals surface area contributed by atoms with Crippen molar-refractivity contribution in [3.8, 4) is 0 Å². The second-order valence-corrected chi connectivity index (χ2v) is 12.1. The first kappa shape index (κ1) is 28.4. The number of benzene rings is 2. The van der Waals surface area contributed by atoms with Gasteiger partial charge >= 0.3 is 0 Å². The number of anilines is 1. The summed E-state index contributed by atoms with van der Waals surface area (Å²) in [5.74, 6) is -0.419.